The van der Waals surface area contributed by atoms with E-state index in [2.05, 4.69) is 32.9 Å². The lowest BCUT2D eigenvalue weighted by Gasteiger charge is -2.20. The van der Waals surface area contributed by atoms with Gasteiger partial charge in [-0.1, -0.05) is 39.3 Å². The van der Waals surface area contributed by atoms with E-state index in [1.54, 1.807) is 0 Å². The SMILES string of the molecule is CCC(C)CC(CC)c1ccc(OCC(=O)OC(C)(C)C)cc1. The Balaban J connectivity index is 2.57. The fourth-order valence-corrected chi connectivity index (χ4v) is 2.54. The van der Waals surface area contributed by atoms with Gasteiger partial charge in [0, 0.05) is 0 Å². The minimum atomic E-state index is -0.478. The normalized spacial score (nSPS) is 14.2. The molecule has 0 saturated heterocycles. The molecule has 2 atom stereocenters. The van der Waals surface area contributed by atoms with Crippen molar-refractivity contribution in [2.45, 2.75) is 72.3 Å². The van der Waals surface area contributed by atoms with Crippen molar-refractivity contribution in [3.63, 3.8) is 0 Å². The Labute approximate surface area is 141 Å². The van der Waals surface area contributed by atoms with Crippen molar-refractivity contribution in [3.05, 3.63) is 29.8 Å². The van der Waals surface area contributed by atoms with E-state index in [1.807, 2.05) is 32.9 Å². The predicted octanol–water partition coefficient (Wildman–Crippen LogP) is 5.34. The highest BCUT2D eigenvalue weighted by Crippen LogP contribution is 2.29. The summed E-state index contributed by atoms with van der Waals surface area (Å²) in [5.74, 6) is 1.69. The molecule has 0 aromatic heterocycles. The molecule has 0 N–H and O–H groups in total. The maximum atomic E-state index is 11.7. The number of carbonyl (C=O) groups is 1. The number of benzene rings is 1. The van der Waals surface area contributed by atoms with Crippen LogP contribution in [0.1, 0.15) is 72.3 Å². The van der Waals surface area contributed by atoms with Crippen LogP contribution in [0.3, 0.4) is 0 Å². The van der Waals surface area contributed by atoms with Crippen LogP contribution in [0, 0.1) is 5.92 Å². The highest BCUT2D eigenvalue weighted by Gasteiger charge is 2.17. The van der Waals surface area contributed by atoms with Crippen LogP contribution in [0.25, 0.3) is 0 Å². The maximum Gasteiger partial charge on any atom is 0.344 e. The molecule has 3 nitrogen and oxygen atoms in total. The van der Waals surface area contributed by atoms with Gasteiger partial charge in [0.1, 0.15) is 11.4 Å². The fourth-order valence-electron chi connectivity index (χ4n) is 2.54. The van der Waals surface area contributed by atoms with Gasteiger partial charge in [0.05, 0.1) is 0 Å². The van der Waals surface area contributed by atoms with Gasteiger partial charge in [0.15, 0.2) is 6.61 Å². The highest BCUT2D eigenvalue weighted by atomic mass is 16.6. The Bertz CT molecular complexity index is 471. The zero-order valence-corrected chi connectivity index (χ0v) is 15.5. The highest BCUT2D eigenvalue weighted by molar-refractivity contribution is 5.71. The van der Waals surface area contributed by atoms with Crippen LogP contribution in [0.2, 0.25) is 0 Å². The van der Waals surface area contributed by atoms with Crippen molar-refractivity contribution in [2.75, 3.05) is 6.61 Å². The Morgan fingerprint density at radius 3 is 2.17 bits per heavy atom. The average molecular weight is 320 g/mol. The Kier molecular flexibility index (Phi) is 7.60. The molecule has 130 valence electrons. The molecule has 0 aliphatic rings. The lowest BCUT2D eigenvalue weighted by Crippen LogP contribution is -2.27. The summed E-state index contributed by atoms with van der Waals surface area (Å²) in [5, 5.41) is 0. The first-order chi connectivity index (χ1) is 10.7. The number of carbonyl (C=O) groups excluding carboxylic acids is 1. The fraction of sp³-hybridized carbons (Fsp3) is 0.650. The molecule has 0 saturated carbocycles. The van der Waals surface area contributed by atoms with Gasteiger partial charge >= 0.3 is 5.97 Å². The van der Waals surface area contributed by atoms with Crippen LogP contribution < -0.4 is 4.74 Å². The van der Waals surface area contributed by atoms with Crippen LogP contribution in [0.15, 0.2) is 24.3 Å². The second kappa shape index (κ2) is 8.95. The molecule has 1 aromatic carbocycles. The quantitative estimate of drug-likeness (QED) is 0.607. The molecular weight excluding hydrogens is 288 g/mol. The minimum Gasteiger partial charge on any atom is -0.482 e. The van der Waals surface area contributed by atoms with Crippen LogP contribution >= 0.6 is 0 Å². The van der Waals surface area contributed by atoms with Crippen LogP contribution in [0.4, 0.5) is 0 Å². The van der Waals surface area contributed by atoms with E-state index in [0.717, 1.165) is 12.3 Å². The van der Waals surface area contributed by atoms with E-state index < -0.39 is 5.60 Å². The number of rotatable bonds is 8. The summed E-state index contributed by atoms with van der Waals surface area (Å²) in [4.78, 5) is 11.7. The van der Waals surface area contributed by atoms with Crippen LogP contribution in [-0.2, 0) is 9.53 Å². The molecule has 0 radical (unpaired) electrons. The van der Waals surface area contributed by atoms with Gasteiger partial charge in [-0.05, 0) is 63.1 Å². The van der Waals surface area contributed by atoms with E-state index in [9.17, 15) is 4.79 Å². The van der Waals surface area contributed by atoms with E-state index >= 15 is 0 Å². The van der Waals surface area contributed by atoms with E-state index in [1.165, 1.54) is 18.4 Å². The van der Waals surface area contributed by atoms with Gasteiger partial charge in [0.2, 0.25) is 0 Å². The second-order valence-corrected chi connectivity index (χ2v) is 7.30. The number of ether oxygens (including phenoxy) is 2. The number of esters is 1. The van der Waals surface area contributed by atoms with E-state index in [-0.39, 0.29) is 12.6 Å². The first-order valence-electron chi connectivity index (χ1n) is 8.69. The van der Waals surface area contributed by atoms with E-state index in [4.69, 9.17) is 9.47 Å². The lowest BCUT2D eigenvalue weighted by molar-refractivity contribution is -0.157. The summed E-state index contributed by atoms with van der Waals surface area (Å²) in [6, 6.07) is 8.11. The average Bonchev–Trinajstić information content (AvgIpc) is 2.49. The molecule has 0 aliphatic heterocycles. The van der Waals surface area contributed by atoms with Gasteiger partial charge in [-0.2, -0.15) is 0 Å². The summed E-state index contributed by atoms with van der Waals surface area (Å²) in [6.07, 6.45) is 3.57. The summed E-state index contributed by atoms with van der Waals surface area (Å²) in [7, 11) is 0. The van der Waals surface area contributed by atoms with Crippen molar-refractivity contribution in [1.29, 1.82) is 0 Å². The van der Waals surface area contributed by atoms with Crippen molar-refractivity contribution in [1.82, 2.24) is 0 Å². The summed E-state index contributed by atoms with van der Waals surface area (Å²) >= 11 is 0. The maximum absolute atomic E-state index is 11.7. The third kappa shape index (κ3) is 7.54. The number of hydrogen-bond acceptors (Lipinski definition) is 3. The topological polar surface area (TPSA) is 35.5 Å². The first-order valence-corrected chi connectivity index (χ1v) is 8.69. The van der Waals surface area contributed by atoms with Crippen molar-refractivity contribution in [3.8, 4) is 5.75 Å². The zero-order valence-electron chi connectivity index (χ0n) is 15.5. The van der Waals surface area contributed by atoms with Gasteiger partial charge in [-0.15, -0.1) is 0 Å². The third-order valence-corrected chi connectivity index (χ3v) is 4.00. The molecule has 0 aliphatic carbocycles. The molecular formula is C20H32O3. The predicted molar refractivity (Wildman–Crippen MR) is 94.9 cm³/mol. The molecule has 23 heavy (non-hydrogen) atoms. The summed E-state index contributed by atoms with van der Waals surface area (Å²) in [5.41, 5.74) is 0.867. The zero-order chi connectivity index (χ0) is 17.5. The lowest BCUT2D eigenvalue weighted by atomic mass is 9.87. The van der Waals surface area contributed by atoms with Crippen molar-refractivity contribution in [2.24, 2.45) is 5.92 Å². The third-order valence-electron chi connectivity index (χ3n) is 4.00. The molecule has 0 amide bonds. The Hall–Kier alpha value is -1.51. The monoisotopic (exact) mass is 320 g/mol. The van der Waals surface area contributed by atoms with Crippen molar-refractivity contribution < 1.29 is 14.3 Å². The molecule has 1 rings (SSSR count). The molecule has 0 spiro atoms. The van der Waals surface area contributed by atoms with Crippen LogP contribution in [-0.4, -0.2) is 18.2 Å². The van der Waals surface area contributed by atoms with Crippen LogP contribution in [0.5, 0.6) is 5.75 Å². The van der Waals surface area contributed by atoms with Gasteiger partial charge in [-0.3, -0.25) is 0 Å². The molecule has 3 heteroatoms. The van der Waals surface area contributed by atoms with E-state index in [0.29, 0.717) is 11.7 Å². The summed E-state index contributed by atoms with van der Waals surface area (Å²) in [6.45, 7) is 12.3. The smallest absolute Gasteiger partial charge is 0.344 e. The molecule has 0 fully saturated rings. The standard InChI is InChI=1S/C20H32O3/c1-7-15(3)13-16(8-2)17-9-11-18(12-10-17)22-14-19(21)23-20(4,5)6/h9-12,15-16H,7-8,13-14H2,1-6H3. The molecule has 0 heterocycles. The molecule has 1 aromatic rings. The molecule has 2 unspecified atom stereocenters. The van der Waals surface area contributed by atoms with Gasteiger partial charge in [0.25, 0.3) is 0 Å². The van der Waals surface area contributed by atoms with Gasteiger partial charge in [-0.25, -0.2) is 4.79 Å². The minimum absolute atomic E-state index is 0.0549. The van der Waals surface area contributed by atoms with Gasteiger partial charge < -0.3 is 9.47 Å². The van der Waals surface area contributed by atoms with Crippen molar-refractivity contribution >= 4 is 5.97 Å². The molecule has 0 bridgehead atoms. The second-order valence-electron chi connectivity index (χ2n) is 7.30. The number of hydrogen-bond donors (Lipinski definition) is 0. The summed E-state index contributed by atoms with van der Waals surface area (Å²) < 4.78 is 10.7. The Morgan fingerprint density at radius 2 is 1.70 bits per heavy atom. The first kappa shape index (κ1) is 19.5. The Morgan fingerprint density at radius 1 is 1.09 bits per heavy atom. The largest absolute Gasteiger partial charge is 0.482 e.